The van der Waals surface area contributed by atoms with Gasteiger partial charge in [-0.2, -0.15) is 0 Å². The van der Waals surface area contributed by atoms with Gasteiger partial charge in [-0.15, -0.1) is 0 Å². The first kappa shape index (κ1) is 23.5. The summed E-state index contributed by atoms with van der Waals surface area (Å²) in [6.07, 6.45) is 0. The van der Waals surface area contributed by atoms with Crippen LogP contribution < -0.4 is 10.9 Å². The number of carbonyl (C=O) groups excluding carboxylic acids is 1. The van der Waals surface area contributed by atoms with Crippen molar-refractivity contribution >= 4 is 51.5 Å². The van der Waals surface area contributed by atoms with Crippen LogP contribution >= 0.6 is 23.4 Å². The molecule has 1 heterocycles. The first-order valence-corrected chi connectivity index (χ1v) is 11.5. The lowest BCUT2D eigenvalue weighted by Crippen LogP contribution is -2.26. The van der Waals surface area contributed by atoms with Gasteiger partial charge in [-0.05, 0) is 43.7 Å². The maximum Gasteiger partial charge on any atom is 0.271 e. The van der Waals surface area contributed by atoms with Crippen LogP contribution in [0.5, 0.6) is 0 Å². The first-order valence-electron chi connectivity index (χ1n) is 10.3. The summed E-state index contributed by atoms with van der Waals surface area (Å²) in [5.74, 6) is -0.439. The van der Waals surface area contributed by atoms with Gasteiger partial charge in [0, 0.05) is 12.1 Å². The summed E-state index contributed by atoms with van der Waals surface area (Å²) in [6, 6.07) is 18.3. The number of rotatable bonds is 6. The Hall–Kier alpha value is -3.69. The summed E-state index contributed by atoms with van der Waals surface area (Å²) in [4.78, 5) is 41.5. The normalized spacial score (nSPS) is 11.9. The van der Waals surface area contributed by atoms with Crippen LogP contribution in [0.25, 0.3) is 16.6 Å². The maximum absolute atomic E-state index is 13.4. The molecule has 0 aliphatic heterocycles. The molecular weight excluding hydrogens is 476 g/mol. The van der Waals surface area contributed by atoms with Gasteiger partial charge in [0.05, 0.1) is 37.5 Å². The topological polar surface area (TPSA) is 107 Å². The van der Waals surface area contributed by atoms with Gasteiger partial charge in [-0.25, -0.2) is 4.98 Å². The number of non-ortho nitro benzene ring substituents is 1. The van der Waals surface area contributed by atoms with Crippen molar-refractivity contribution < 1.29 is 9.72 Å². The molecule has 0 saturated heterocycles. The molecule has 3 aromatic carbocycles. The zero-order chi connectivity index (χ0) is 24.4. The van der Waals surface area contributed by atoms with E-state index in [2.05, 4.69) is 10.3 Å². The molecule has 0 saturated carbocycles. The number of hydrogen-bond donors (Lipinski definition) is 1. The number of nitrogens with one attached hydrogen (secondary N) is 1. The summed E-state index contributed by atoms with van der Waals surface area (Å²) >= 11 is 7.23. The van der Waals surface area contributed by atoms with Gasteiger partial charge in [-0.1, -0.05) is 53.7 Å². The Kier molecular flexibility index (Phi) is 6.67. The Balaban J connectivity index is 1.72. The summed E-state index contributed by atoms with van der Waals surface area (Å²) in [5.41, 5.74) is 1.78. The van der Waals surface area contributed by atoms with E-state index in [1.807, 2.05) is 31.2 Å². The van der Waals surface area contributed by atoms with E-state index < -0.39 is 16.1 Å². The number of halogens is 1. The molecule has 1 amide bonds. The number of nitrogens with zero attached hydrogens (tertiary/aromatic N) is 3. The Labute approximate surface area is 203 Å². The average molecular weight is 495 g/mol. The molecule has 1 N–H and O–H groups in total. The molecular formula is C24H19ClN4O4S. The second-order valence-corrected chi connectivity index (χ2v) is 9.22. The van der Waals surface area contributed by atoms with Gasteiger partial charge in [-0.3, -0.25) is 24.3 Å². The predicted molar refractivity (Wildman–Crippen MR) is 134 cm³/mol. The lowest BCUT2D eigenvalue weighted by atomic mass is 10.2. The van der Waals surface area contributed by atoms with Crippen LogP contribution in [0.4, 0.5) is 11.4 Å². The molecule has 10 heteroatoms. The van der Waals surface area contributed by atoms with Crippen LogP contribution in [-0.4, -0.2) is 25.6 Å². The smallest absolute Gasteiger partial charge is 0.271 e. The van der Waals surface area contributed by atoms with E-state index in [1.165, 1.54) is 22.8 Å². The molecule has 172 valence electrons. The molecule has 4 aromatic rings. The fraction of sp³-hybridized carbons (Fsp3) is 0.125. The predicted octanol–water partition coefficient (Wildman–Crippen LogP) is 5.38. The number of amides is 1. The largest absolute Gasteiger partial charge is 0.324 e. The van der Waals surface area contributed by atoms with Gasteiger partial charge in [0.1, 0.15) is 0 Å². The van der Waals surface area contributed by atoms with Crippen LogP contribution in [-0.2, 0) is 4.79 Å². The number of fused-ring (bicyclic) bond motifs is 1. The quantitative estimate of drug-likeness (QED) is 0.167. The second kappa shape index (κ2) is 9.66. The van der Waals surface area contributed by atoms with Crippen LogP contribution in [0.3, 0.4) is 0 Å². The SMILES string of the molecule is Cc1ccccc1-n1c(SC(C)C(=O)Nc2cc([N+](=O)[O-])ccc2Cl)nc2ccccc2c1=O. The van der Waals surface area contributed by atoms with E-state index >= 15 is 0 Å². The standard InChI is InChI=1S/C24H19ClN4O4S/c1-14-7-3-6-10-21(14)28-23(31)17-8-4-5-9-19(17)27-24(28)34-15(2)22(30)26-20-13-16(29(32)33)11-12-18(20)25/h3-13,15H,1-2H3,(H,26,30). The van der Waals surface area contributed by atoms with Crippen molar-refractivity contribution in [2.45, 2.75) is 24.3 Å². The zero-order valence-corrected chi connectivity index (χ0v) is 19.8. The molecule has 0 spiro atoms. The zero-order valence-electron chi connectivity index (χ0n) is 18.2. The molecule has 1 aromatic heterocycles. The molecule has 4 rings (SSSR count). The van der Waals surface area contributed by atoms with Crippen molar-refractivity contribution in [1.29, 1.82) is 0 Å². The van der Waals surface area contributed by atoms with E-state index in [9.17, 15) is 19.7 Å². The Bertz CT molecular complexity index is 1490. The van der Waals surface area contributed by atoms with Gasteiger partial charge < -0.3 is 5.32 Å². The number of aryl methyl sites for hydroxylation is 1. The van der Waals surface area contributed by atoms with Gasteiger partial charge in [0.25, 0.3) is 11.2 Å². The Morgan fingerprint density at radius 3 is 2.59 bits per heavy atom. The molecule has 0 bridgehead atoms. The highest BCUT2D eigenvalue weighted by molar-refractivity contribution is 8.00. The monoisotopic (exact) mass is 494 g/mol. The molecule has 8 nitrogen and oxygen atoms in total. The number of para-hydroxylation sites is 2. The van der Waals surface area contributed by atoms with Gasteiger partial charge >= 0.3 is 0 Å². The van der Waals surface area contributed by atoms with E-state index in [-0.39, 0.29) is 22.0 Å². The van der Waals surface area contributed by atoms with Crippen LogP contribution in [0, 0.1) is 17.0 Å². The summed E-state index contributed by atoms with van der Waals surface area (Å²) in [5, 5.41) is 14.0. The number of thioether (sulfide) groups is 1. The fourth-order valence-corrected chi connectivity index (χ4v) is 4.47. The maximum atomic E-state index is 13.4. The second-order valence-electron chi connectivity index (χ2n) is 7.51. The minimum Gasteiger partial charge on any atom is -0.324 e. The molecule has 0 aliphatic carbocycles. The minimum absolute atomic E-state index is 0.135. The number of benzene rings is 3. The van der Waals surface area contributed by atoms with Crippen molar-refractivity contribution in [3.05, 3.63) is 97.8 Å². The van der Waals surface area contributed by atoms with E-state index in [4.69, 9.17) is 11.6 Å². The van der Waals surface area contributed by atoms with E-state index in [0.29, 0.717) is 21.7 Å². The van der Waals surface area contributed by atoms with Crippen LogP contribution in [0.1, 0.15) is 12.5 Å². The number of carbonyl (C=O) groups is 1. The molecule has 0 aliphatic rings. The van der Waals surface area contributed by atoms with Crippen molar-refractivity contribution in [3.63, 3.8) is 0 Å². The number of nitro benzene ring substituents is 1. The summed E-state index contributed by atoms with van der Waals surface area (Å²) < 4.78 is 1.51. The number of anilines is 1. The molecule has 1 unspecified atom stereocenters. The Morgan fingerprint density at radius 2 is 1.85 bits per heavy atom. The third kappa shape index (κ3) is 4.66. The summed E-state index contributed by atoms with van der Waals surface area (Å²) in [7, 11) is 0. The summed E-state index contributed by atoms with van der Waals surface area (Å²) in [6.45, 7) is 3.56. The lowest BCUT2D eigenvalue weighted by Gasteiger charge is -2.18. The van der Waals surface area contributed by atoms with Crippen LogP contribution in [0.2, 0.25) is 5.02 Å². The third-order valence-corrected chi connectivity index (χ3v) is 6.55. The molecule has 0 fully saturated rings. The lowest BCUT2D eigenvalue weighted by molar-refractivity contribution is -0.384. The van der Waals surface area contributed by atoms with Crippen molar-refractivity contribution in [1.82, 2.24) is 9.55 Å². The average Bonchev–Trinajstić information content (AvgIpc) is 2.81. The van der Waals surface area contributed by atoms with Crippen molar-refractivity contribution in [3.8, 4) is 5.69 Å². The molecule has 0 radical (unpaired) electrons. The first-order chi connectivity index (χ1) is 16.3. The van der Waals surface area contributed by atoms with Crippen molar-refractivity contribution in [2.24, 2.45) is 0 Å². The van der Waals surface area contributed by atoms with E-state index in [1.54, 1.807) is 31.2 Å². The van der Waals surface area contributed by atoms with Crippen LogP contribution in [0.15, 0.2) is 76.7 Å². The highest BCUT2D eigenvalue weighted by Gasteiger charge is 2.22. The number of hydrogen-bond acceptors (Lipinski definition) is 6. The number of nitro groups is 1. The highest BCUT2D eigenvalue weighted by Crippen LogP contribution is 2.30. The van der Waals surface area contributed by atoms with Gasteiger partial charge in [0.15, 0.2) is 5.16 Å². The highest BCUT2D eigenvalue weighted by atomic mass is 35.5. The Morgan fingerprint density at radius 1 is 1.15 bits per heavy atom. The van der Waals surface area contributed by atoms with Crippen molar-refractivity contribution in [2.75, 3.05) is 5.32 Å². The minimum atomic E-state index is -0.696. The third-order valence-electron chi connectivity index (χ3n) is 5.17. The fourth-order valence-electron chi connectivity index (χ4n) is 3.39. The molecule has 34 heavy (non-hydrogen) atoms. The van der Waals surface area contributed by atoms with Gasteiger partial charge in [0.2, 0.25) is 5.91 Å². The number of aromatic nitrogens is 2. The van der Waals surface area contributed by atoms with E-state index in [0.717, 1.165) is 17.3 Å². The molecule has 1 atom stereocenters.